The standard InChI is InChI=1S/C11H8N2O5S/c14-11(17-7-10-12-5-6-19-10)18-9-3-1-8(2-4-9)13(15)16/h1-6H,7H2. The Labute approximate surface area is 111 Å². The first kappa shape index (κ1) is 13.0. The van der Waals surface area contributed by atoms with Crippen molar-refractivity contribution in [2.45, 2.75) is 6.61 Å². The van der Waals surface area contributed by atoms with Crippen LogP contribution in [0.4, 0.5) is 10.5 Å². The maximum atomic E-state index is 11.3. The Morgan fingerprint density at radius 2 is 2.11 bits per heavy atom. The van der Waals surface area contributed by atoms with Crippen molar-refractivity contribution in [1.82, 2.24) is 4.98 Å². The topological polar surface area (TPSA) is 91.6 Å². The summed E-state index contributed by atoms with van der Waals surface area (Å²) in [6.07, 6.45) is 0.717. The molecule has 0 amide bonds. The third-order valence-corrected chi connectivity index (χ3v) is 2.80. The van der Waals surface area contributed by atoms with Gasteiger partial charge in [-0.3, -0.25) is 10.1 Å². The number of thiazole rings is 1. The number of aromatic nitrogens is 1. The van der Waals surface area contributed by atoms with E-state index in [4.69, 9.17) is 9.47 Å². The van der Waals surface area contributed by atoms with Gasteiger partial charge in [0.2, 0.25) is 0 Å². The number of ether oxygens (including phenoxy) is 2. The molecule has 1 aromatic heterocycles. The number of carbonyl (C=O) groups is 1. The molecule has 7 nitrogen and oxygen atoms in total. The van der Waals surface area contributed by atoms with Crippen LogP contribution in [0.25, 0.3) is 0 Å². The van der Waals surface area contributed by atoms with Crippen LogP contribution in [0.1, 0.15) is 5.01 Å². The monoisotopic (exact) mass is 280 g/mol. The predicted molar refractivity (Wildman–Crippen MR) is 66.0 cm³/mol. The summed E-state index contributed by atoms with van der Waals surface area (Å²) in [5, 5.41) is 12.9. The van der Waals surface area contributed by atoms with Crippen LogP contribution in [0.3, 0.4) is 0 Å². The van der Waals surface area contributed by atoms with Crippen LogP contribution in [0, 0.1) is 10.1 Å². The molecule has 2 rings (SSSR count). The summed E-state index contributed by atoms with van der Waals surface area (Å²) in [5.41, 5.74) is -0.0801. The molecule has 98 valence electrons. The highest BCUT2D eigenvalue weighted by molar-refractivity contribution is 7.09. The van der Waals surface area contributed by atoms with E-state index in [2.05, 4.69) is 4.98 Å². The number of rotatable bonds is 4. The smallest absolute Gasteiger partial charge is 0.427 e. The van der Waals surface area contributed by atoms with Crippen LogP contribution in [-0.4, -0.2) is 16.1 Å². The van der Waals surface area contributed by atoms with Crippen molar-refractivity contribution < 1.29 is 19.2 Å². The molecule has 0 radical (unpaired) electrons. The fourth-order valence-corrected chi connectivity index (χ4v) is 1.73. The van der Waals surface area contributed by atoms with Crippen molar-refractivity contribution in [3.63, 3.8) is 0 Å². The third kappa shape index (κ3) is 3.75. The molecule has 1 heterocycles. The summed E-state index contributed by atoms with van der Waals surface area (Å²) in [6, 6.07) is 5.12. The molecule has 0 spiro atoms. The zero-order valence-corrected chi connectivity index (χ0v) is 10.3. The van der Waals surface area contributed by atoms with Crippen molar-refractivity contribution >= 4 is 23.2 Å². The Bertz CT molecular complexity index is 567. The summed E-state index contributed by atoms with van der Waals surface area (Å²) in [7, 11) is 0. The lowest BCUT2D eigenvalue weighted by molar-refractivity contribution is -0.384. The van der Waals surface area contributed by atoms with Crippen molar-refractivity contribution in [2.75, 3.05) is 0 Å². The van der Waals surface area contributed by atoms with E-state index in [0.717, 1.165) is 0 Å². The van der Waals surface area contributed by atoms with Gasteiger partial charge in [-0.05, 0) is 12.1 Å². The molecule has 0 unspecified atom stereocenters. The molecule has 0 aliphatic carbocycles. The lowest BCUT2D eigenvalue weighted by Crippen LogP contribution is -2.10. The van der Waals surface area contributed by atoms with E-state index >= 15 is 0 Å². The molecule has 0 saturated carbocycles. The fourth-order valence-electron chi connectivity index (χ4n) is 1.21. The molecule has 0 N–H and O–H groups in total. The summed E-state index contributed by atoms with van der Waals surface area (Å²) < 4.78 is 9.66. The van der Waals surface area contributed by atoms with Gasteiger partial charge in [0.1, 0.15) is 17.4 Å². The van der Waals surface area contributed by atoms with Gasteiger partial charge in [0, 0.05) is 23.7 Å². The summed E-state index contributed by atoms with van der Waals surface area (Å²) in [5.74, 6) is 0.176. The van der Waals surface area contributed by atoms with E-state index in [9.17, 15) is 14.9 Å². The summed E-state index contributed by atoms with van der Waals surface area (Å²) in [6.45, 7) is 0.0312. The highest BCUT2D eigenvalue weighted by atomic mass is 32.1. The zero-order valence-electron chi connectivity index (χ0n) is 9.52. The highest BCUT2D eigenvalue weighted by Crippen LogP contribution is 2.18. The number of hydrogen-bond acceptors (Lipinski definition) is 7. The SMILES string of the molecule is O=C(OCc1nccs1)Oc1ccc([N+](=O)[O-])cc1. The number of nitro benzene ring substituents is 1. The lowest BCUT2D eigenvalue weighted by Gasteiger charge is -2.04. The summed E-state index contributed by atoms with van der Waals surface area (Å²) >= 11 is 1.36. The minimum Gasteiger partial charge on any atom is -0.427 e. The van der Waals surface area contributed by atoms with E-state index < -0.39 is 11.1 Å². The fraction of sp³-hybridized carbons (Fsp3) is 0.0909. The summed E-state index contributed by atoms with van der Waals surface area (Å²) in [4.78, 5) is 25.2. The van der Waals surface area contributed by atoms with E-state index in [1.54, 1.807) is 11.6 Å². The Morgan fingerprint density at radius 3 is 2.68 bits per heavy atom. The second kappa shape index (κ2) is 5.91. The molecule has 0 fully saturated rings. The van der Waals surface area contributed by atoms with E-state index in [-0.39, 0.29) is 18.0 Å². The minimum atomic E-state index is -0.885. The Morgan fingerprint density at radius 1 is 1.37 bits per heavy atom. The Hall–Kier alpha value is -2.48. The van der Waals surface area contributed by atoms with E-state index in [1.807, 2.05) is 0 Å². The largest absolute Gasteiger partial charge is 0.514 e. The van der Waals surface area contributed by atoms with Crippen molar-refractivity contribution in [1.29, 1.82) is 0 Å². The second-order valence-corrected chi connectivity index (χ2v) is 4.30. The molecular formula is C11H8N2O5S. The van der Waals surface area contributed by atoms with Gasteiger partial charge in [0.15, 0.2) is 0 Å². The Balaban J connectivity index is 1.86. The molecule has 2 aromatic rings. The molecule has 0 aliphatic heterocycles. The maximum Gasteiger partial charge on any atom is 0.514 e. The second-order valence-electron chi connectivity index (χ2n) is 3.32. The van der Waals surface area contributed by atoms with E-state index in [1.165, 1.54) is 35.6 Å². The highest BCUT2D eigenvalue weighted by Gasteiger charge is 2.09. The molecule has 1 aromatic carbocycles. The molecule has 8 heteroatoms. The van der Waals surface area contributed by atoms with Crippen molar-refractivity contribution in [3.05, 3.63) is 51.0 Å². The molecule has 19 heavy (non-hydrogen) atoms. The number of hydrogen-bond donors (Lipinski definition) is 0. The Kier molecular flexibility index (Phi) is 4.04. The van der Waals surface area contributed by atoms with Crippen LogP contribution in [0.5, 0.6) is 5.75 Å². The first-order chi connectivity index (χ1) is 9.15. The maximum absolute atomic E-state index is 11.3. The molecule has 0 bridgehead atoms. The number of nitro groups is 1. The van der Waals surface area contributed by atoms with Crippen LogP contribution < -0.4 is 4.74 Å². The number of nitrogens with zero attached hydrogens (tertiary/aromatic N) is 2. The average Bonchev–Trinajstić information content (AvgIpc) is 2.90. The zero-order chi connectivity index (χ0) is 13.7. The van der Waals surface area contributed by atoms with Gasteiger partial charge in [-0.25, -0.2) is 9.78 Å². The van der Waals surface area contributed by atoms with Crippen LogP contribution in [0.2, 0.25) is 0 Å². The lowest BCUT2D eigenvalue weighted by atomic mass is 10.3. The van der Waals surface area contributed by atoms with Gasteiger partial charge < -0.3 is 9.47 Å². The molecule has 0 atom stereocenters. The molecular weight excluding hydrogens is 272 g/mol. The van der Waals surface area contributed by atoms with Gasteiger partial charge >= 0.3 is 6.16 Å². The first-order valence-corrected chi connectivity index (χ1v) is 6.00. The number of benzene rings is 1. The van der Waals surface area contributed by atoms with Gasteiger partial charge in [-0.1, -0.05) is 0 Å². The van der Waals surface area contributed by atoms with Gasteiger partial charge in [0.25, 0.3) is 5.69 Å². The third-order valence-electron chi connectivity index (χ3n) is 2.05. The number of carbonyl (C=O) groups excluding carboxylic acids is 1. The van der Waals surface area contributed by atoms with E-state index in [0.29, 0.717) is 5.01 Å². The molecule has 0 saturated heterocycles. The van der Waals surface area contributed by atoms with Crippen molar-refractivity contribution in [2.24, 2.45) is 0 Å². The average molecular weight is 280 g/mol. The van der Waals surface area contributed by atoms with Crippen LogP contribution in [0.15, 0.2) is 35.8 Å². The van der Waals surface area contributed by atoms with Crippen LogP contribution in [-0.2, 0) is 11.3 Å². The molecule has 0 aliphatic rings. The minimum absolute atomic E-state index is 0.0312. The van der Waals surface area contributed by atoms with Gasteiger partial charge in [0.05, 0.1) is 4.92 Å². The number of non-ortho nitro benzene ring substituents is 1. The van der Waals surface area contributed by atoms with Gasteiger partial charge in [-0.15, -0.1) is 11.3 Å². The predicted octanol–water partition coefficient (Wildman–Crippen LogP) is 2.77. The van der Waals surface area contributed by atoms with Crippen LogP contribution >= 0.6 is 11.3 Å². The first-order valence-electron chi connectivity index (χ1n) is 5.12. The normalized spacial score (nSPS) is 9.89. The van der Waals surface area contributed by atoms with Crippen molar-refractivity contribution in [3.8, 4) is 5.75 Å². The van der Waals surface area contributed by atoms with Gasteiger partial charge in [-0.2, -0.15) is 0 Å². The quantitative estimate of drug-likeness (QED) is 0.370.